The third-order valence-corrected chi connectivity index (χ3v) is 6.88. The van der Waals surface area contributed by atoms with E-state index >= 15 is 0 Å². The van der Waals surface area contributed by atoms with Crippen LogP contribution in [-0.4, -0.2) is 26.4 Å². The number of amides is 1. The molecule has 0 bridgehead atoms. The van der Waals surface area contributed by atoms with Gasteiger partial charge in [0.05, 0.1) is 0 Å². The molecule has 0 radical (unpaired) electrons. The maximum absolute atomic E-state index is 12.5. The van der Waals surface area contributed by atoms with Crippen LogP contribution in [0.2, 0.25) is 0 Å². The summed E-state index contributed by atoms with van der Waals surface area (Å²) in [6, 6.07) is 4.61. The van der Waals surface area contributed by atoms with E-state index < -0.39 is 5.91 Å². The molecule has 1 aliphatic rings. The maximum atomic E-state index is 12.5. The van der Waals surface area contributed by atoms with Gasteiger partial charge in [0, 0.05) is 17.4 Å². The average molecular weight is 416 g/mol. The number of nitrogens with one attached hydrogen (secondary N) is 1. The molecule has 28 heavy (non-hydrogen) atoms. The van der Waals surface area contributed by atoms with Crippen molar-refractivity contribution in [3.8, 4) is 6.07 Å². The van der Waals surface area contributed by atoms with Gasteiger partial charge in [-0.2, -0.15) is 5.26 Å². The summed E-state index contributed by atoms with van der Waals surface area (Å²) in [6.45, 7) is 6.20. The zero-order valence-electron chi connectivity index (χ0n) is 16.5. The van der Waals surface area contributed by atoms with Gasteiger partial charge in [0.15, 0.2) is 4.34 Å². The lowest BCUT2D eigenvalue weighted by Gasteiger charge is -2.26. The van der Waals surface area contributed by atoms with Crippen molar-refractivity contribution in [2.75, 3.05) is 11.1 Å². The molecule has 2 aromatic rings. The molecule has 0 aromatic carbocycles. The van der Waals surface area contributed by atoms with Crippen LogP contribution in [0.3, 0.4) is 0 Å². The Kier molecular flexibility index (Phi) is 6.92. The zero-order valence-corrected chi connectivity index (χ0v) is 18.1. The van der Waals surface area contributed by atoms with Crippen molar-refractivity contribution in [1.29, 1.82) is 5.26 Å². The van der Waals surface area contributed by atoms with Gasteiger partial charge in [0.25, 0.3) is 5.91 Å². The van der Waals surface area contributed by atoms with Crippen molar-refractivity contribution >= 4 is 40.2 Å². The summed E-state index contributed by atoms with van der Waals surface area (Å²) in [5.74, 6) is 0.442. The smallest absolute Gasteiger partial charge is 0.268 e. The van der Waals surface area contributed by atoms with Crippen LogP contribution in [0.15, 0.2) is 16.0 Å². The second kappa shape index (κ2) is 9.39. The van der Waals surface area contributed by atoms with Crippen LogP contribution < -0.4 is 5.32 Å². The molecule has 0 saturated heterocycles. The van der Waals surface area contributed by atoms with Crippen LogP contribution >= 0.6 is 23.1 Å². The van der Waals surface area contributed by atoms with Crippen LogP contribution in [0.25, 0.3) is 6.08 Å². The molecule has 0 unspecified atom stereocenters. The topological polar surface area (TPSA) is 83.6 Å². The molecule has 2 heterocycles. The first-order valence-corrected chi connectivity index (χ1v) is 11.4. The van der Waals surface area contributed by atoms with Crippen molar-refractivity contribution in [1.82, 2.24) is 14.8 Å². The third-order valence-electron chi connectivity index (χ3n) is 5.02. The minimum Gasteiger partial charge on any atom is -0.346 e. The Morgan fingerprint density at radius 1 is 1.39 bits per heavy atom. The molecule has 1 amide bonds. The molecular weight excluding hydrogens is 390 g/mol. The molecule has 0 atom stereocenters. The van der Waals surface area contributed by atoms with E-state index in [2.05, 4.69) is 40.0 Å². The fourth-order valence-electron chi connectivity index (χ4n) is 3.76. The molecule has 0 spiro atoms. The van der Waals surface area contributed by atoms with Crippen LogP contribution in [0, 0.1) is 25.2 Å². The number of anilines is 1. The van der Waals surface area contributed by atoms with Crippen LogP contribution in [0.1, 0.15) is 62.0 Å². The Hall–Kier alpha value is -2.11. The number of hydrogen-bond acceptors (Lipinski definition) is 6. The van der Waals surface area contributed by atoms with Gasteiger partial charge in [-0.05, 0) is 50.1 Å². The van der Waals surface area contributed by atoms with Gasteiger partial charge in [-0.3, -0.25) is 10.1 Å². The number of rotatable bonds is 6. The molecule has 1 saturated carbocycles. The lowest BCUT2D eigenvalue weighted by molar-refractivity contribution is -0.112. The second-order valence-corrected chi connectivity index (χ2v) is 9.41. The first-order chi connectivity index (χ1) is 13.5. The Morgan fingerprint density at radius 3 is 2.82 bits per heavy atom. The van der Waals surface area contributed by atoms with E-state index in [0.29, 0.717) is 11.2 Å². The molecule has 2 aromatic heterocycles. The van der Waals surface area contributed by atoms with Crippen molar-refractivity contribution in [3.63, 3.8) is 0 Å². The predicted octanol–water partition coefficient (Wildman–Crippen LogP) is 5.12. The summed E-state index contributed by atoms with van der Waals surface area (Å²) < 4.78 is 3.17. The number of hydrogen-bond donors (Lipinski definition) is 1. The number of carbonyl (C=O) groups is 1. The quantitative estimate of drug-likeness (QED) is 0.306. The highest BCUT2D eigenvalue weighted by atomic mass is 32.2. The normalized spacial score (nSPS) is 15.4. The number of nitrogens with zero attached hydrogens (tertiary/aromatic N) is 4. The van der Waals surface area contributed by atoms with Crippen LogP contribution in [0.4, 0.5) is 5.13 Å². The van der Waals surface area contributed by atoms with E-state index in [1.165, 1.54) is 49.1 Å². The van der Waals surface area contributed by atoms with Gasteiger partial charge < -0.3 is 4.57 Å². The fourth-order valence-corrected chi connectivity index (χ4v) is 5.40. The lowest BCUT2D eigenvalue weighted by Crippen LogP contribution is -2.15. The van der Waals surface area contributed by atoms with E-state index in [0.717, 1.165) is 21.3 Å². The number of aryl methyl sites for hydroxylation is 1. The summed E-state index contributed by atoms with van der Waals surface area (Å²) in [7, 11) is 0. The minimum absolute atomic E-state index is 0.0730. The van der Waals surface area contributed by atoms with Crippen molar-refractivity contribution < 1.29 is 4.79 Å². The SMILES string of the molecule is CCSc1nnc(NC(=O)/C(C#N)=C/c2cc(C)n(C3CCCCC3)c2C)s1. The fraction of sp³-hybridized carbons (Fsp3) is 0.500. The molecule has 1 fully saturated rings. The first-order valence-electron chi connectivity index (χ1n) is 9.61. The summed E-state index contributed by atoms with van der Waals surface area (Å²) in [5.41, 5.74) is 3.29. The standard InChI is InChI=1S/C20H25N5OS2/c1-4-27-20-24-23-19(28-20)22-18(26)16(12-21)11-15-10-13(2)25(14(15)3)17-8-6-5-7-9-17/h10-11,17H,4-9H2,1-3H3,(H,22,23,26)/b16-11+. The van der Waals surface area contributed by atoms with E-state index in [9.17, 15) is 10.1 Å². The Balaban J connectivity index is 1.80. The predicted molar refractivity (Wildman–Crippen MR) is 115 cm³/mol. The zero-order chi connectivity index (χ0) is 20.1. The molecule has 3 rings (SSSR count). The van der Waals surface area contributed by atoms with Crippen LogP contribution in [-0.2, 0) is 4.79 Å². The van der Waals surface area contributed by atoms with E-state index in [1.807, 2.05) is 13.0 Å². The molecule has 1 N–H and O–H groups in total. The number of aromatic nitrogens is 3. The van der Waals surface area contributed by atoms with Crippen molar-refractivity contribution in [2.45, 2.75) is 63.3 Å². The van der Waals surface area contributed by atoms with Gasteiger partial charge in [-0.25, -0.2) is 0 Å². The van der Waals surface area contributed by atoms with Crippen molar-refractivity contribution in [2.24, 2.45) is 0 Å². The van der Waals surface area contributed by atoms with Gasteiger partial charge >= 0.3 is 0 Å². The molecule has 6 nitrogen and oxygen atoms in total. The largest absolute Gasteiger partial charge is 0.346 e. The summed E-state index contributed by atoms with van der Waals surface area (Å²) in [4.78, 5) is 12.5. The number of thioether (sulfide) groups is 1. The van der Waals surface area contributed by atoms with Crippen molar-refractivity contribution in [3.05, 3.63) is 28.6 Å². The molecule has 148 valence electrons. The van der Waals surface area contributed by atoms with Crippen LogP contribution in [0.5, 0.6) is 0 Å². The first kappa shape index (κ1) is 20.6. The third kappa shape index (κ3) is 4.65. The van der Waals surface area contributed by atoms with Gasteiger partial charge in [0.1, 0.15) is 11.6 Å². The second-order valence-electron chi connectivity index (χ2n) is 6.92. The van der Waals surface area contributed by atoms with Gasteiger partial charge in [0.2, 0.25) is 5.13 Å². The Bertz CT molecular complexity index is 916. The van der Waals surface area contributed by atoms with Gasteiger partial charge in [-0.1, -0.05) is 49.3 Å². The number of nitriles is 1. The highest BCUT2D eigenvalue weighted by molar-refractivity contribution is 8.01. The Labute approximate surface area is 174 Å². The summed E-state index contributed by atoms with van der Waals surface area (Å²) in [6.07, 6.45) is 7.91. The van der Waals surface area contributed by atoms with Gasteiger partial charge in [-0.15, -0.1) is 10.2 Å². The lowest BCUT2D eigenvalue weighted by atomic mass is 9.95. The minimum atomic E-state index is -0.450. The van der Waals surface area contributed by atoms with E-state index in [4.69, 9.17) is 0 Å². The summed E-state index contributed by atoms with van der Waals surface area (Å²) in [5, 5.41) is 20.6. The molecule has 1 aliphatic carbocycles. The highest BCUT2D eigenvalue weighted by Gasteiger charge is 2.20. The molecule has 8 heteroatoms. The summed E-state index contributed by atoms with van der Waals surface area (Å²) >= 11 is 2.89. The number of carbonyl (C=O) groups excluding carboxylic acids is 1. The molecule has 0 aliphatic heterocycles. The Morgan fingerprint density at radius 2 is 2.14 bits per heavy atom. The van der Waals surface area contributed by atoms with E-state index in [1.54, 1.807) is 17.8 Å². The maximum Gasteiger partial charge on any atom is 0.268 e. The highest BCUT2D eigenvalue weighted by Crippen LogP contribution is 2.33. The monoisotopic (exact) mass is 415 g/mol. The molecular formula is C20H25N5OS2. The average Bonchev–Trinajstić information content (AvgIpc) is 3.24. The van der Waals surface area contributed by atoms with E-state index in [-0.39, 0.29) is 5.57 Å².